The molecule has 1 saturated heterocycles. The molecular formula is C24H31N3O5S. The molecule has 1 aliphatic rings. The van der Waals surface area contributed by atoms with Crippen LogP contribution in [-0.4, -0.2) is 68.3 Å². The minimum absolute atomic E-state index is 0.0908. The Kier molecular flexibility index (Phi) is 7.88. The first-order valence-corrected chi connectivity index (χ1v) is 12.3. The summed E-state index contributed by atoms with van der Waals surface area (Å²) < 4.78 is 32.7. The van der Waals surface area contributed by atoms with Crippen molar-refractivity contribution >= 4 is 21.8 Å². The van der Waals surface area contributed by atoms with Gasteiger partial charge in [0.1, 0.15) is 5.54 Å². The zero-order chi connectivity index (χ0) is 24.1. The maximum absolute atomic E-state index is 13.4. The van der Waals surface area contributed by atoms with Crippen molar-refractivity contribution in [3.63, 3.8) is 0 Å². The molecule has 3 rings (SSSR count). The van der Waals surface area contributed by atoms with Gasteiger partial charge in [0, 0.05) is 33.4 Å². The fourth-order valence-electron chi connectivity index (χ4n) is 3.92. The molecule has 178 valence electrons. The van der Waals surface area contributed by atoms with Crippen molar-refractivity contribution in [3.05, 3.63) is 65.7 Å². The number of rotatable bonds is 9. The standard InChI is InChI=1S/C24H31N3O5S/c1-19-10-12-20(13-11-19)16-25-23(29)24(2)18-26(17-22(28)27(24)14-7-15-32-3)33(30,31)21-8-5-4-6-9-21/h4-6,8-13H,7,14-18H2,1-3H3,(H,25,29). The average molecular weight is 474 g/mol. The van der Waals surface area contributed by atoms with Crippen LogP contribution in [0.1, 0.15) is 24.5 Å². The molecule has 0 bridgehead atoms. The van der Waals surface area contributed by atoms with E-state index in [9.17, 15) is 18.0 Å². The number of carbonyl (C=O) groups excluding carboxylic acids is 2. The highest BCUT2D eigenvalue weighted by Gasteiger charge is 2.50. The molecule has 0 aliphatic carbocycles. The third kappa shape index (κ3) is 5.61. The lowest BCUT2D eigenvalue weighted by Crippen LogP contribution is -2.69. The van der Waals surface area contributed by atoms with Crippen LogP contribution >= 0.6 is 0 Å². The van der Waals surface area contributed by atoms with E-state index in [1.54, 1.807) is 32.2 Å². The van der Waals surface area contributed by atoms with E-state index in [4.69, 9.17) is 4.74 Å². The molecule has 0 saturated carbocycles. The molecule has 0 radical (unpaired) electrons. The van der Waals surface area contributed by atoms with Crippen LogP contribution in [0, 0.1) is 6.92 Å². The summed E-state index contributed by atoms with van der Waals surface area (Å²) in [4.78, 5) is 28.1. The molecule has 2 aromatic carbocycles. The number of benzene rings is 2. The van der Waals surface area contributed by atoms with Crippen LogP contribution in [0.5, 0.6) is 0 Å². The van der Waals surface area contributed by atoms with E-state index in [-0.39, 0.29) is 24.5 Å². The van der Waals surface area contributed by atoms with Crippen molar-refractivity contribution in [1.29, 1.82) is 0 Å². The van der Waals surface area contributed by atoms with Gasteiger partial charge in [0.05, 0.1) is 11.4 Å². The Bertz CT molecular complexity index is 1070. The predicted octanol–water partition coefficient (Wildman–Crippen LogP) is 1.94. The summed E-state index contributed by atoms with van der Waals surface area (Å²) in [6.45, 7) is 4.15. The summed E-state index contributed by atoms with van der Waals surface area (Å²) >= 11 is 0. The van der Waals surface area contributed by atoms with Gasteiger partial charge >= 0.3 is 0 Å². The lowest BCUT2D eigenvalue weighted by molar-refractivity contribution is -0.153. The van der Waals surface area contributed by atoms with Crippen molar-refractivity contribution in [2.24, 2.45) is 0 Å². The number of carbonyl (C=O) groups is 2. The van der Waals surface area contributed by atoms with Crippen molar-refractivity contribution < 1.29 is 22.7 Å². The number of aryl methyl sites for hydroxylation is 1. The molecule has 1 unspecified atom stereocenters. The summed E-state index contributed by atoms with van der Waals surface area (Å²) in [6.07, 6.45) is 0.536. The Balaban J connectivity index is 1.86. The first-order chi connectivity index (χ1) is 15.7. The van der Waals surface area contributed by atoms with E-state index in [1.165, 1.54) is 17.0 Å². The molecular weight excluding hydrogens is 442 g/mol. The second-order valence-electron chi connectivity index (χ2n) is 8.42. The Morgan fingerprint density at radius 1 is 1.12 bits per heavy atom. The van der Waals surface area contributed by atoms with Gasteiger partial charge in [-0.25, -0.2) is 8.42 Å². The van der Waals surface area contributed by atoms with E-state index < -0.39 is 27.4 Å². The molecule has 2 amide bonds. The third-order valence-corrected chi connectivity index (χ3v) is 7.67. The van der Waals surface area contributed by atoms with E-state index in [0.717, 1.165) is 15.4 Å². The lowest BCUT2D eigenvalue weighted by Gasteiger charge is -2.46. The van der Waals surface area contributed by atoms with Gasteiger partial charge in [0.25, 0.3) is 0 Å². The Morgan fingerprint density at radius 3 is 2.42 bits per heavy atom. The molecule has 0 spiro atoms. The number of piperazine rings is 1. The van der Waals surface area contributed by atoms with Crippen LogP contribution in [0.25, 0.3) is 0 Å². The van der Waals surface area contributed by atoms with Crippen molar-refractivity contribution in [1.82, 2.24) is 14.5 Å². The van der Waals surface area contributed by atoms with Gasteiger partial charge in [-0.3, -0.25) is 9.59 Å². The summed E-state index contributed by atoms with van der Waals surface area (Å²) in [6, 6.07) is 15.7. The van der Waals surface area contributed by atoms with Gasteiger partial charge in [-0.05, 0) is 38.0 Å². The molecule has 1 atom stereocenters. The van der Waals surface area contributed by atoms with Crippen molar-refractivity contribution in [2.45, 2.75) is 37.2 Å². The summed E-state index contributed by atoms with van der Waals surface area (Å²) in [5.74, 6) is -0.813. The van der Waals surface area contributed by atoms with Crippen molar-refractivity contribution in [3.8, 4) is 0 Å². The van der Waals surface area contributed by atoms with E-state index in [2.05, 4.69) is 5.32 Å². The molecule has 1 aliphatic heterocycles. The highest BCUT2D eigenvalue weighted by atomic mass is 32.2. The monoisotopic (exact) mass is 473 g/mol. The van der Waals surface area contributed by atoms with E-state index in [0.29, 0.717) is 19.6 Å². The highest BCUT2D eigenvalue weighted by Crippen LogP contribution is 2.28. The summed E-state index contributed by atoms with van der Waals surface area (Å²) in [5.41, 5.74) is 0.663. The second-order valence-corrected chi connectivity index (χ2v) is 10.4. The number of methoxy groups -OCH3 is 1. The van der Waals surface area contributed by atoms with Crippen LogP contribution in [0.2, 0.25) is 0 Å². The van der Waals surface area contributed by atoms with Gasteiger partial charge in [-0.1, -0.05) is 48.0 Å². The average Bonchev–Trinajstić information content (AvgIpc) is 2.80. The number of nitrogens with zero attached hydrogens (tertiary/aromatic N) is 2. The molecule has 1 heterocycles. The van der Waals surface area contributed by atoms with Gasteiger partial charge in [-0.15, -0.1) is 0 Å². The smallest absolute Gasteiger partial charge is 0.247 e. The summed E-state index contributed by atoms with van der Waals surface area (Å²) in [7, 11) is -2.37. The number of sulfonamides is 1. The van der Waals surface area contributed by atoms with Gasteiger partial charge in [-0.2, -0.15) is 4.31 Å². The summed E-state index contributed by atoms with van der Waals surface area (Å²) in [5, 5.41) is 2.90. The second kappa shape index (κ2) is 10.5. The number of ether oxygens (including phenoxy) is 1. The fraction of sp³-hybridized carbons (Fsp3) is 0.417. The molecule has 0 aromatic heterocycles. The first-order valence-electron chi connectivity index (χ1n) is 10.9. The molecule has 1 N–H and O–H groups in total. The topological polar surface area (TPSA) is 96.0 Å². The minimum Gasteiger partial charge on any atom is -0.385 e. The SMILES string of the molecule is COCCCN1C(=O)CN(S(=O)(=O)c2ccccc2)CC1(C)C(=O)NCc1ccc(C)cc1. The molecule has 33 heavy (non-hydrogen) atoms. The predicted molar refractivity (Wildman–Crippen MR) is 125 cm³/mol. The van der Waals surface area contributed by atoms with Crippen LogP contribution in [0.3, 0.4) is 0 Å². The van der Waals surface area contributed by atoms with Gasteiger partial charge in [0.15, 0.2) is 0 Å². The minimum atomic E-state index is -3.94. The maximum atomic E-state index is 13.4. The molecule has 9 heteroatoms. The van der Waals surface area contributed by atoms with Crippen LogP contribution in [0.15, 0.2) is 59.5 Å². The third-order valence-electron chi connectivity index (χ3n) is 5.87. The van der Waals surface area contributed by atoms with Crippen molar-refractivity contribution in [2.75, 3.05) is 33.4 Å². The largest absolute Gasteiger partial charge is 0.385 e. The van der Waals surface area contributed by atoms with Gasteiger partial charge in [0.2, 0.25) is 21.8 Å². The maximum Gasteiger partial charge on any atom is 0.247 e. The Hall–Kier alpha value is -2.75. The Labute approximate surface area is 195 Å². The van der Waals surface area contributed by atoms with Crippen LogP contribution in [0.4, 0.5) is 0 Å². The van der Waals surface area contributed by atoms with Crippen LogP contribution in [-0.2, 0) is 30.9 Å². The van der Waals surface area contributed by atoms with E-state index >= 15 is 0 Å². The molecule has 8 nitrogen and oxygen atoms in total. The number of hydrogen-bond donors (Lipinski definition) is 1. The zero-order valence-corrected chi connectivity index (χ0v) is 20.1. The van der Waals surface area contributed by atoms with Crippen LogP contribution < -0.4 is 5.32 Å². The quantitative estimate of drug-likeness (QED) is 0.562. The fourth-order valence-corrected chi connectivity index (χ4v) is 5.42. The number of hydrogen-bond acceptors (Lipinski definition) is 5. The molecule has 1 fully saturated rings. The number of amides is 2. The Morgan fingerprint density at radius 2 is 1.79 bits per heavy atom. The normalized spacial score (nSPS) is 19.5. The van der Waals surface area contributed by atoms with E-state index in [1.807, 2.05) is 31.2 Å². The lowest BCUT2D eigenvalue weighted by atomic mass is 9.95. The zero-order valence-electron chi connectivity index (χ0n) is 19.3. The van der Waals surface area contributed by atoms with Gasteiger partial charge < -0.3 is 15.0 Å². The number of nitrogens with one attached hydrogen (secondary N) is 1. The molecule has 2 aromatic rings. The highest BCUT2D eigenvalue weighted by molar-refractivity contribution is 7.89. The first kappa shape index (κ1) is 24.9.